The van der Waals surface area contributed by atoms with Crippen LogP contribution >= 0.6 is 22.7 Å². The summed E-state index contributed by atoms with van der Waals surface area (Å²) in [6, 6.07) is 15.2. The van der Waals surface area contributed by atoms with Crippen LogP contribution in [0.15, 0.2) is 63.8 Å². The molecule has 1 saturated heterocycles. The molecule has 0 radical (unpaired) electrons. The Morgan fingerprint density at radius 1 is 1.11 bits per heavy atom. The van der Waals surface area contributed by atoms with Gasteiger partial charge in [-0.1, -0.05) is 48.0 Å². The molecule has 4 aromatic rings. The third-order valence-electron chi connectivity index (χ3n) is 6.02. The third-order valence-corrected chi connectivity index (χ3v) is 7.74. The molecule has 1 aliphatic rings. The fraction of sp³-hybridized carbons (Fsp3) is 0.308. The van der Waals surface area contributed by atoms with E-state index >= 15 is 0 Å². The maximum absolute atomic E-state index is 13.3. The van der Waals surface area contributed by atoms with Crippen molar-refractivity contribution < 1.29 is 14.1 Å². The van der Waals surface area contributed by atoms with Gasteiger partial charge in [-0.15, -0.1) is 22.7 Å². The summed E-state index contributed by atoms with van der Waals surface area (Å²) < 4.78 is 5.55. The van der Waals surface area contributed by atoms with Gasteiger partial charge in [0, 0.05) is 30.1 Å². The summed E-state index contributed by atoms with van der Waals surface area (Å²) in [5.74, 6) is 0.475. The largest absolute Gasteiger partial charge is 0.355 e. The number of carbonyl (C=O) groups excluding carboxylic acids is 2. The van der Waals surface area contributed by atoms with Gasteiger partial charge in [0.1, 0.15) is 11.4 Å². The zero-order valence-corrected chi connectivity index (χ0v) is 21.3. The molecule has 3 aromatic heterocycles. The minimum atomic E-state index is -0.119. The Morgan fingerprint density at radius 2 is 2.00 bits per heavy atom. The first kappa shape index (κ1) is 24.4. The minimum absolute atomic E-state index is 0.0295. The molecule has 8 nitrogen and oxygen atoms in total. The van der Waals surface area contributed by atoms with Crippen molar-refractivity contribution in [1.29, 1.82) is 0 Å². The van der Waals surface area contributed by atoms with Crippen molar-refractivity contribution in [2.45, 2.75) is 31.7 Å². The van der Waals surface area contributed by atoms with E-state index in [9.17, 15) is 9.59 Å². The highest BCUT2D eigenvalue weighted by molar-refractivity contribution is 7.14. The zero-order chi connectivity index (χ0) is 24.7. The third kappa shape index (κ3) is 5.72. The maximum atomic E-state index is 13.3. The molecule has 4 heterocycles. The summed E-state index contributed by atoms with van der Waals surface area (Å²) in [4.78, 5) is 32.7. The number of piperidine rings is 1. The van der Waals surface area contributed by atoms with E-state index in [0.717, 1.165) is 37.1 Å². The normalized spacial score (nSPS) is 15.5. The number of hydrogen-bond acceptors (Lipinski definition) is 8. The lowest BCUT2D eigenvalue weighted by molar-refractivity contribution is -0.123. The molecule has 186 valence electrons. The van der Waals surface area contributed by atoms with Crippen molar-refractivity contribution in [2.75, 3.05) is 24.5 Å². The van der Waals surface area contributed by atoms with Gasteiger partial charge in [-0.3, -0.25) is 14.5 Å². The quantitative estimate of drug-likeness (QED) is 0.306. The average Bonchev–Trinajstić information content (AvgIpc) is 3.71. The number of hydrogen-bond donors (Lipinski definition) is 2. The van der Waals surface area contributed by atoms with Crippen LogP contribution in [0.4, 0.5) is 5.13 Å². The monoisotopic (exact) mass is 521 g/mol. The van der Waals surface area contributed by atoms with Gasteiger partial charge in [0.05, 0.1) is 10.9 Å². The Kier molecular flexibility index (Phi) is 7.85. The Labute approximate surface area is 217 Å². The van der Waals surface area contributed by atoms with Crippen molar-refractivity contribution in [3.05, 3.63) is 64.2 Å². The second-order valence-electron chi connectivity index (χ2n) is 8.54. The van der Waals surface area contributed by atoms with Crippen LogP contribution in [0.3, 0.4) is 0 Å². The molecular formula is C26H27N5O3S2. The van der Waals surface area contributed by atoms with Crippen LogP contribution in [0.2, 0.25) is 0 Å². The number of anilines is 1. The van der Waals surface area contributed by atoms with Gasteiger partial charge in [-0.2, -0.15) is 0 Å². The molecule has 10 heteroatoms. The summed E-state index contributed by atoms with van der Waals surface area (Å²) >= 11 is 2.78. The van der Waals surface area contributed by atoms with Crippen LogP contribution in [0, 0.1) is 0 Å². The molecule has 1 aromatic carbocycles. The van der Waals surface area contributed by atoms with Crippen molar-refractivity contribution >= 4 is 39.6 Å². The highest BCUT2D eigenvalue weighted by Gasteiger charge is 2.24. The van der Waals surface area contributed by atoms with Crippen molar-refractivity contribution in [1.82, 2.24) is 20.8 Å². The summed E-state index contributed by atoms with van der Waals surface area (Å²) in [5, 5.41) is 14.8. The van der Waals surface area contributed by atoms with Crippen LogP contribution in [-0.2, 0) is 4.79 Å². The molecule has 2 amide bonds. The van der Waals surface area contributed by atoms with E-state index in [1.165, 1.54) is 22.7 Å². The molecule has 2 N–H and O–H groups in total. The Morgan fingerprint density at radius 3 is 2.78 bits per heavy atom. The fourth-order valence-electron chi connectivity index (χ4n) is 4.11. The SMILES string of the molecule is O=C(NCCCN(C(=O)c1cccs1)c1nc(-c2cc(-c3ccccc3)no2)cs1)[C@@H]1CCCCN1. The van der Waals surface area contributed by atoms with Crippen LogP contribution in [0.25, 0.3) is 22.7 Å². The first-order valence-corrected chi connectivity index (χ1v) is 13.8. The smallest absolute Gasteiger partial charge is 0.270 e. The standard InChI is InChI=1S/C26H27N5O3S2/c32-24(19-10-4-5-12-27-19)28-13-7-14-31(25(33)23-11-6-15-35-23)26-29-21(17-36-26)22-16-20(30-34-22)18-8-2-1-3-9-18/h1-3,6,8-9,11,15-17,19,27H,4-5,7,10,12-14H2,(H,28,32)/t19-/m0/s1. The number of rotatable bonds is 9. The first-order chi connectivity index (χ1) is 17.7. The van der Waals surface area contributed by atoms with Crippen molar-refractivity contribution in [2.24, 2.45) is 0 Å². The maximum Gasteiger partial charge on any atom is 0.270 e. The number of aromatic nitrogens is 2. The number of carbonyl (C=O) groups is 2. The van der Waals surface area contributed by atoms with E-state index in [1.54, 1.807) is 4.90 Å². The summed E-state index contributed by atoms with van der Waals surface area (Å²) in [7, 11) is 0. The summed E-state index contributed by atoms with van der Waals surface area (Å²) in [6.07, 6.45) is 3.66. The Bertz CT molecular complexity index is 1280. The van der Waals surface area contributed by atoms with Crippen molar-refractivity contribution in [3.63, 3.8) is 0 Å². The fourth-order valence-corrected chi connectivity index (χ4v) is 5.62. The lowest BCUT2D eigenvalue weighted by atomic mass is 10.0. The molecule has 0 bridgehead atoms. The van der Waals surface area contributed by atoms with Gasteiger partial charge in [0.25, 0.3) is 5.91 Å². The number of thiazole rings is 1. The van der Waals surface area contributed by atoms with Gasteiger partial charge in [0.15, 0.2) is 10.9 Å². The predicted octanol–water partition coefficient (Wildman–Crippen LogP) is 4.82. The highest BCUT2D eigenvalue weighted by atomic mass is 32.1. The van der Waals surface area contributed by atoms with Gasteiger partial charge in [-0.05, 0) is 37.3 Å². The topological polar surface area (TPSA) is 100 Å². The van der Waals surface area contributed by atoms with Gasteiger partial charge >= 0.3 is 0 Å². The van der Waals surface area contributed by atoms with E-state index in [-0.39, 0.29) is 17.9 Å². The van der Waals surface area contributed by atoms with Crippen LogP contribution < -0.4 is 15.5 Å². The van der Waals surface area contributed by atoms with Gasteiger partial charge < -0.3 is 15.2 Å². The number of benzene rings is 1. The Balaban J connectivity index is 1.27. The van der Waals surface area contributed by atoms with Crippen LogP contribution in [0.1, 0.15) is 35.4 Å². The molecule has 36 heavy (non-hydrogen) atoms. The molecule has 5 rings (SSSR count). The number of nitrogens with zero attached hydrogens (tertiary/aromatic N) is 3. The Hall–Kier alpha value is -3.34. The molecule has 0 saturated carbocycles. The van der Waals surface area contributed by atoms with E-state index < -0.39 is 0 Å². The molecule has 1 atom stereocenters. The minimum Gasteiger partial charge on any atom is -0.355 e. The van der Waals surface area contributed by atoms with E-state index in [1.807, 2.05) is 59.3 Å². The van der Waals surface area contributed by atoms with Crippen molar-refractivity contribution in [3.8, 4) is 22.7 Å². The van der Waals surface area contributed by atoms with E-state index in [4.69, 9.17) is 9.51 Å². The summed E-state index contributed by atoms with van der Waals surface area (Å²) in [5.41, 5.74) is 2.32. The lowest BCUT2D eigenvalue weighted by Gasteiger charge is -2.23. The number of amides is 2. The first-order valence-electron chi connectivity index (χ1n) is 12.0. The molecule has 0 unspecified atom stereocenters. The highest BCUT2D eigenvalue weighted by Crippen LogP contribution is 2.31. The zero-order valence-electron chi connectivity index (χ0n) is 19.7. The molecular weight excluding hydrogens is 494 g/mol. The summed E-state index contributed by atoms with van der Waals surface area (Å²) in [6.45, 7) is 1.81. The second-order valence-corrected chi connectivity index (χ2v) is 10.3. The van der Waals surface area contributed by atoms with E-state index in [0.29, 0.717) is 41.0 Å². The molecule has 1 fully saturated rings. The van der Waals surface area contributed by atoms with Gasteiger partial charge in [-0.25, -0.2) is 4.98 Å². The van der Waals surface area contributed by atoms with Crippen LogP contribution in [0.5, 0.6) is 0 Å². The second kappa shape index (κ2) is 11.6. The average molecular weight is 522 g/mol. The predicted molar refractivity (Wildman–Crippen MR) is 142 cm³/mol. The molecule has 0 spiro atoms. The number of thiophene rings is 1. The van der Waals surface area contributed by atoms with Crippen LogP contribution in [-0.4, -0.2) is 47.6 Å². The molecule has 1 aliphatic heterocycles. The number of nitrogens with one attached hydrogen (secondary N) is 2. The molecule has 0 aliphatic carbocycles. The lowest BCUT2D eigenvalue weighted by Crippen LogP contribution is -2.47. The van der Waals surface area contributed by atoms with E-state index in [2.05, 4.69) is 15.8 Å². The van der Waals surface area contributed by atoms with Gasteiger partial charge in [0.2, 0.25) is 5.91 Å².